The van der Waals surface area contributed by atoms with Gasteiger partial charge in [0.15, 0.2) is 0 Å². The van der Waals surface area contributed by atoms with E-state index in [1.54, 1.807) is 12.3 Å². The van der Waals surface area contributed by atoms with Crippen molar-refractivity contribution < 1.29 is 5.11 Å². The van der Waals surface area contributed by atoms with Crippen molar-refractivity contribution in [1.82, 2.24) is 4.98 Å². The van der Waals surface area contributed by atoms with Crippen LogP contribution in [0.25, 0.3) is 0 Å². The van der Waals surface area contributed by atoms with Crippen LogP contribution in [0.1, 0.15) is 16.7 Å². The number of benzene rings is 1. The van der Waals surface area contributed by atoms with Crippen LogP contribution in [0.3, 0.4) is 0 Å². The first-order valence-electron chi connectivity index (χ1n) is 6.08. The smallest absolute Gasteiger partial charge is 0.123 e. The van der Waals surface area contributed by atoms with E-state index in [1.165, 1.54) is 11.1 Å². The van der Waals surface area contributed by atoms with Gasteiger partial charge in [0.25, 0.3) is 0 Å². The first-order valence-corrected chi connectivity index (χ1v) is 6.08. The molecule has 0 amide bonds. The van der Waals surface area contributed by atoms with Gasteiger partial charge in [-0.15, -0.1) is 0 Å². The Morgan fingerprint density at radius 3 is 2.72 bits per heavy atom. The summed E-state index contributed by atoms with van der Waals surface area (Å²) in [7, 11) is 0. The molecule has 0 fully saturated rings. The second-order valence-corrected chi connectivity index (χ2v) is 4.58. The van der Waals surface area contributed by atoms with E-state index in [1.807, 2.05) is 18.2 Å². The van der Waals surface area contributed by atoms with Crippen LogP contribution in [0.2, 0.25) is 0 Å². The molecule has 94 valence electrons. The van der Waals surface area contributed by atoms with Crippen LogP contribution in [-0.2, 0) is 12.8 Å². The predicted molar refractivity (Wildman–Crippen MR) is 73.2 cm³/mol. The van der Waals surface area contributed by atoms with Crippen molar-refractivity contribution in [2.24, 2.45) is 0 Å². The summed E-state index contributed by atoms with van der Waals surface area (Å²) in [4.78, 5) is 3.94. The van der Waals surface area contributed by atoms with Crippen molar-refractivity contribution >= 4 is 5.82 Å². The number of anilines is 1. The SMILES string of the molecule is Cc1ccccc1CC(O)Cc1ccnc(N)c1. The molecule has 0 saturated heterocycles. The Hall–Kier alpha value is -1.87. The third-order valence-corrected chi connectivity index (χ3v) is 3.03. The monoisotopic (exact) mass is 242 g/mol. The lowest BCUT2D eigenvalue weighted by molar-refractivity contribution is 0.175. The molecule has 3 nitrogen and oxygen atoms in total. The lowest BCUT2D eigenvalue weighted by Crippen LogP contribution is -2.14. The minimum Gasteiger partial charge on any atom is -0.392 e. The van der Waals surface area contributed by atoms with Gasteiger partial charge in [-0.25, -0.2) is 4.98 Å². The molecule has 2 aromatic rings. The van der Waals surface area contributed by atoms with Gasteiger partial charge in [0, 0.05) is 6.20 Å². The molecule has 0 bridgehead atoms. The fourth-order valence-corrected chi connectivity index (χ4v) is 2.06. The number of nitrogens with two attached hydrogens (primary N) is 1. The Balaban J connectivity index is 2.01. The molecule has 2 rings (SSSR count). The zero-order chi connectivity index (χ0) is 13.0. The van der Waals surface area contributed by atoms with Crippen molar-refractivity contribution in [2.45, 2.75) is 25.9 Å². The molecule has 0 aliphatic carbocycles. The summed E-state index contributed by atoms with van der Waals surface area (Å²) < 4.78 is 0. The first-order chi connectivity index (χ1) is 8.65. The zero-order valence-corrected chi connectivity index (χ0v) is 10.5. The molecule has 1 atom stereocenters. The fraction of sp³-hybridized carbons (Fsp3) is 0.267. The summed E-state index contributed by atoms with van der Waals surface area (Å²) in [5.74, 6) is 0.496. The van der Waals surface area contributed by atoms with E-state index < -0.39 is 6.10 Å². The highest BCUT2D eigenvalue weighted by atomic mass is 16.3. The minimum atomic E-state index is -0.395. The number of rotatable bonds is 4. The summed E-state index contributed by atoms with van der Waals surface area (Å²) in [6, 6.07) is 11.8. The Labute approximate surface area is 107 Å². The van der Waals surface area contributed by atoms with Gasteiger partial charge in [-0.1, -0.05) is 24.3 Å². The molecule has 3 heteroatoms. The molecule has 0 spiro atoms. The molecular weight excluding hydrogens is 224 g/mol. The molecule has 1 unspecified atom stereocenters. The highest BCUT2D eigenvalue weighted by Crippen LogP contribution is 2.13. The third-order valence-electron chi connectivity index (χ3n) is 3.03. The summed E-state index contributed by atoms with van der Waals surface area (Å²) in [5, 5.41) is 10.1. The Kier molecular flexibility index (Phi) is 3.95. The van der Waals surface area contributed by atoms with Gasteiger partial charge in [-0.05, 0) is 48.6 Å². The lowest BCUT2D eigenvalue weighted by atomic mass is 9.99. The highest BCUT2D eigenvalue weighted by Gasteiger charge is 2.08. The van der Waals surface area contributed by atoms with Gasteiger partial charge in [0.05, 0.1) is 6.10 Å². The first kappa shape index (κ1) is 12.6. The summed E-state index contributed by atoms with van der Waals surface area (Å²) >= 11 is 0. The Morgan fingerprint density at radius 1 is 1.22 bits per heavy atom. The average molecular weight is 242 g/mol. The van der Waals surface area contributed by atoms with Crippen LogP contribution >= 0.6 is 0 Å². The van der Waals surface area contributed by atoms with E-state index in [0.29, 0.717) is 18.7 Å². The number of hydrogen-bond donors (Lipinski definition) is 2. The number of aromatic nitrogens is 1. The lowest BCUT2D eigenvalue weighted by Gasteiger charge is -2.12. The van der Waals surface area contributed by atoms with Crippen molar-refractivity contribution in [3.05, 3.63) is 59.3 Å². The van der Waals surface area contributed by atoms with Crippen LogP contribution in [-0.4, -0.2) is 16.2 Å². The van der Waals surface area contributed by atoms with Crippen molar-refractivity contribution in [1.29, 1.82) is 0 Å². The largest absolute Gasteiger partial charge is 0.392 e. The van der Waals surface area contributed by atoms with Gasteiger partial charge in [-0.3, -0.25) is 0 Å². The molecule has 1 aromatic heterocycles. The van der Waals surface area contributed by atoms with Crippen molar-refractivity contribution in [3.8, 4) is 0 Å². The maximum atomic E-state index is 10.1. The van der Waals surface area contributed by atoms with Gasteiger partial charge in [0.2, 0.25) is 0 Å². The number of hydrogen-bond acceptors (Lipinski definition) is 3. The molecule has 3 N–H and O–H groups in total. The average Bonchev–Trinajstić information content (AvgIpc) is 2.32. The Bertz CT molecular complexity index is 525. The van der Waals surface area contributed by atoms with E-state index in [2.05, 4.69) is 24.0 Å². The standard InChI is InChI=1S/C15H18N2O/c1-11-4-2-3-5-13(11)10-14(18)8-12-6-7-17-15(16)9-12/h2-7,9,14,18H,8,10H2,1H3,(H2,16,17). The minimum absolute atomic E-state index is 0.395. The Morgan fingerprint density at radius 2 is 2.00 bits per heavy atom. The maximum Gasteiger partial charge on any atom is 0.123 e. The number of nitrogen functional groups attached to an aromatic ring is 1. The summed E-state index contributed by atoms with van der Waals surface area (Å²) in [5.41, 5.74) is 9.04. The van der Waals surface area contributed by atoms with Crippen LogP contribution in [0.4, 0.5) is 5.82 Å². The van der Waals surface area contributed by atoms with Gasteiger partial charge < -0.3 is 10.8 Å². The summed E-state index contributed by atoms with van der Waals surface area (Å²) in [6.07, 6.45) is 2.54. The second-order valence-electron chi connectivity index (χ2n) is 4.58. The zero-order valence-electron chi connectivity index (χ0n) is 10.5. The number of aliphatic hydroxyl groups is 1. The topological polar surface area (TPSA) is 59.1 Å². The molecule has 0 saturated carbocycles. The normalized spacial score (nSPS) is 12.3. The molecule has 18 heavy (non-hydrogen) atoms. The van der Waals surface area contributed by atoms with E-state index in [4.69, 9.17) is 5.73 Å². The predicted octanol–water partition coefficient (Wildman–Crippen LogP) is 2.12. The third kappa shape index (κ3) is 3.31. The second kappa shape index (κ2) is 5.65. The van der Waals surface area contributed by atoms with E-state index in [9.17, 15) is 5.11 Å². The van der Waals surface area contributed by atoms with Crippen LogP contribution in [0, 0.1) is 6.92 Å². The van der Waals surface area contributed by atoms with Crippen molar-refractivity contribution in [3.63, 3.8) is 0 Å². The van der Waals surface area contributed by atoms with Crippen molar-refractivity contribution in [2.75, 3.05) is 5.73 Å². The van der Waals surface area contributed by atoms with Crippen LogP contribution in [0.15, 0.2) is 42.6 Å². The molecule has 0 aliphatic rings. The number of nitrogens with zero attached hydrogens (tertiary/aromatic N) is 1. The number of aliphatic hydroxyl groups excluding tert-OH is 1. The van der Waals surface area contributed by atoms with Gasteiger partial charge >= 0.3 is 0 Å². The molecular formula is C15H18N2O. The number of pyridine rings is 1. The summed E-state index contributed by atoms with van der Waals surface area (Å²) in [6.45, 7) is 2.06. The molecule has 1 heterocycles. The van der Waals surface area contributed by atoms with Gasteiger partial charge in [-0.2, -0.15) is 0 Å². The number of aryl methyl sites for hydroxylation is 1. The maximum absolute atomic E-state index is 10.1. The highest BCUT2D eigenvalue weighted by molar-refractivity contribution is 5.32. The van der Waals surface area contributed by atoms with Crippen LogP contribution in [0.5, 0.6) is 0 Å². The molecule has 1 aromatic carbocycles. The van der Waals surface area contributed by atoms with Crippen LogP contribution < -0.4 is 5.73 Å². The van der Waals surface area contributed by atoms with E-state index in [-0.39, 0.29) is 0 Å². The molecule has 0 aliphatic heterocycles. The quantitative estimate of drug-likeness (QED) is 0.863. The fourth-order valence-electron chi connectivity index (χ4n) is 2.06. The van der Waals surface area contributed by atoms with E-state index in [0.717, 1.165) is 5.56 Å². The van der Waals surface area contributed by atoms with E-state index >= 15 is 0 Å². The van der Waals surface area contributed by atoms with Gasteiger partial charge in [0.1, 0.15) is 5.82 Å². The molecule has 0 radical (unpaired) electrons.